The molecule has 0 amide bonds. The lowest BCUT2D eigenvalue weighted by molar-refractivity contribution is 0.444. The van der Waals surface area contributed by atoms with Gasteiger partial charge in [0.2, 0.25) is 0 Å². The maximum absolute atomic E-state index is 6.46. The molecule has 4 aliphatic rings. The number of para-hydroxylation sites is 5. The second-order valence-electron chi connectivity index (χ2n) is 18.8. The molecule has 0 aromatic heterocycles. The van der Waals surface area contributed by atoms with Crippen LogP contribution in [0.25, 0.3) is 11.1 Å². The van der Waals surface area contributed by atoms with E-state index in [2.05, 4.69) is 205 Å². The van der Waals surface area contributed by atoms with E-state index in [4.69, 9.17) is 4.74 Å². The summed E-state index contributed by atoms with van der Waals surface area (Å²) in [6.07, 6.45) is 6.31. The second-order valence-corrected chi connectivity index (χ2v) is 18.8. The van der Waals surface area contributed by atoms with Crippen LogP contribution in [-0.4, -0.2) is 6.71 Å². The van der Waals surface area contributed by atoms with Crippen LogP contribution < -0.4 is 35.8 Å². The maximum atomic E-state index is 6.46. The Morgan fingerprint density at radius 1 is 0.444 bits per heavy atom. The molecule has 0 spiro atoms. The van der Waals surface area contributed by atoms with Gasteiger partial charge in [-0.05, 0) is 142 Å². The molecule has 8 aromatic rings. The Morgan fingerprint density at radius 2 is 0.984 bits per heavy atom. The summed E-state index contributed by atoms with van der Waals surface area (Å²) in [4.78, 5) is 7.55. The highest BCUT2D eigenvalue weighted by Crippen LogP contribution is 2.52. The first kappa shape index (κ1) is 37.8. The molecule has 3 aliphatic heterocycles. The van der Waals surface area contributed by atoms with Crippen molar-refractivity contribution in [2.45, 2.75) is 64.2 Å². The zero-order valence-electron chi connectivity index (χ0n) is 36.3. The van der Waals surface area contributed by atoms with Crippen LogP contribution in [0.4, 0.5) is 51.2 Å². The molecule has 0 atom stereocenters. The Labute approximate surface area is 372 Å². The molecule has 1 aliphatic carbocycles. The number of benzene rings is 8. The smallest absolute Gasteiger partial charge is 0.252 e. The van der Waals surface area contributed by atoms with Gasteiger partial charge >= 0.3 is 0 Å². The van der Waals surface area contributed by atoms with Crippen molar-refractivity contribution in [1.82, 2.24) is 0 Å². The molecule has 63 heavy (non-hydrogen) atoms. The highest BCUT2D eigenvalue weighted by atomic mass is 16.5. The fourth-order valence-electron chi connectivity index (χ4n) is 10.9. The van der Waals surface area contributed by atoms with E-state index in [1.165, 1.54) is 99.2 Å². The Kier molecular flexibility index (Phi) is 8.90. The zero-order valence-corrected chi connectivity index (χ0v) is 36.3. The molecule has 0 N–H and O–H groups in total. The summed E-state index contributed by atoms with van der Waals surface area (Å²) in [5, 5.41) is 0. The van der Waals surface area contributed by atoms with Crippen LogP contribution >= 0.6 is 0 Å². The number of rotatable bonds is 5. The molecule has 0 radical (unpaired) electrons. The molecule has 0 saturated heterocycles. The third-order valence-corrected chi connectivity index (χ3v) is 13.9. The summed E-state index contributed by atoms with van der Waals surface area (Å²) < 4.78 is 6.46. The van der Waals surface area contributed by atoms with E-state index in [1.807, 2.05) is 12.1 Å². The molecule has 306 valence electrons. The van der Waals surface area contributed by atoms with E-state index in [1.54, 1.807) is 0 Å². The second kappa shape index (κ2) is 14.8. The van der Waals surface area contributed by atoms with Gasteiger partial charge in [0.05, 0.1) is 11.4 Å². The van der Waals surface area contributed by atoms with Crippen molar-refractivity contribution < 1.29 is 4.74 Å². The van der Waals surface area contributed by atoms with E-state index in [0.29, 0.717) is 5.92 Å². The summed E-state index contributed by atoms with van der Waals surface area (Å²) in [5.41, 5.74) is 19.8. The van der Waals surface area contributed by atoms with Gasteiger partial charge in [0.1, 0.15) is 0 Å². The summed E-state index contributed by atoms with van der Waals surface area (Å²) >= 11 is 0. The SMILES string of the molecule is CC(C)(C)c1ccc2c(c1)N(c1cccc(-c3ccccc3)c1)c1cc(C3CCCCC3)cc3c1B2c1ccccc1N3c1cccc(N2c3ccccc3Oc3ccccc32)c1. The molecule has 12 rings (SSSR count). The third-order valence-electron chi connectivity index (χ3n) is 13.9. The first-order chi connectivity index (χ1) is 30.9. The maximum Gasteiger partial charge on any atom is 0.252 e. The van der Waals surface area contributed by atoms with E-state index in [9.17, 15) is 0 Å². The minimum atomic E-state index is -0.0181. The molecular formula is C58H50BN3O. The van der Waals surface area contributed by atoms with Crippen LogP contribution in [0.15, 0.2) is 182 Å². The van der Waals surface area contributed by atoms with Crippen LogP contribution in [-0.2, 0) is 5.41 Å². The van der Waals surface area contributed by atoms with Gasteiger partial charge in [-0.1, -0.05) is 143 Å². The van der Waals surface area contributed by atoms with Gasteiger partial charge in [-0.15, -0.1) is 0 Å². The van der Waals surface area contributed by atoms with Gasteiger partial charge in [0.15, 0.2) is 11.5 Å². The number of fused-ring (bicyclic) bond motifs is 6. The largest absolute Gasteiger partial charge is 0.453 e. The van der Waals surface area contributed by atoms with Crippen LogP contribution in [0.5, 0.6) is 11.5 Å². The summed E-state index contributed by atoms with van der Waals surface area (Å²) in [5.74, 6) is 2.21. The molecular weight excluding hydrogens is 765 g/mol. The lowest BCUT2D eigenvalue weighted by Gasteiger charge is -2.45. The van der Waals surface area contributed by atoms with E-state index in [0.717, 1.165) is 34.2 Å². The summed E-state index contributed by atoms with van der Waals surface area (Å²) in [7, 11) is 0. The van der Waals surface area contributed by atoms with Crippen LogP contribution in [0.1, 0.15) is 69.9 Å². The Bertz CT molecular complexity index is 3010. The molecule has 1 fully saturated rings. The monoisotopic (exact) mass is 815 g/mol. The van der Waals surface area contributed by atoms with Crippen molar-refractivity contribution in [1.29, 1.82) is 0 Å². The van der Waals surface area contributed by atoms with Gasteiger partial charge in [0, 0.05) is 39.8 Å². The van der Waals surface area contributed by atoms with Gasteiger partial charge in [-0.3, -0.25) is 0 Å². The predicted molar refractivity (Wildman–Crippen MR) is 265 cm³/mol. The first-order valence-electron chi connectivity index (χ1n) is 22.8. The van der Waals surface area contributed by atoms with E-state index >= 15 is 0 Å². The highest BCUT2D eigenvalue weighted by Gasteiger charge is 2.44. The number of ether oxygens (including phenoxy) is 1. The molecule has 4 nitrogen and oxygen atoms in total. The Hall–Kier alpha value is -6.98. The molecule has 5 heteroatoms. The van der Waals surface area contributed by atoms with Gasteiger partial charge in [-0.25, -0.2) is 0 Å². The molecule has 8 aromatic carbocycles. The highest BCUT2D eigenvalue weighted by molar-refractivity contribution is 7.00. The van der Waals surface area contributed by atoms with Crippen molar-refractivity contribution in [2.24, 2.45) is 0 Å². The average Bonchev–Trinajstić information content (AvgIpc) is 3.33. The quantitative estimate of drug-likeness (QED) is 0.161. The fourth-order valence-corrected chi connectivity index (χ4v) is 10.9. The molecule has 0 bridgehead atoms. The van der Waals surface area contributed by atoms with Crippen LogP contribution in [0, 0.1) is 0 Å². The van der Waals surface area contributed by atoms with E-state index in [-0.39, 0.29) is 12.1 Å². The minimum Gasteiger partial charge on any atom is -0.453 e. The number of hydrogen-bond donors (Lipinski definition) is 0. The normalized spacial score (nSPS) is 15.2. The zero-order chi connectivity index (χ0) is 42.2. The third kappa shape index (κ3) is 6.27. The van der Waals surface area contributed by atoms with Crippen molar-refractivity contribution in [2.75, 3.05) is 14.7 Å². The van der Waals surface area contributed by atoms with E-state index < -0.39 is 0 Å². The number of hydrogen-bond acceptors (Lipinski definition) is 4. The average molecular weight is 816 g/mol. The summed E-state index contributed by atoms with van der Waals surface area (Å²) in [6.45, 7) is 7.06. The standard InChI is InChI=1S/C58H50BN3O/c1-58(2,3)43-32-33-48-52(37-43)62(44-23-16-22-41(34-44)39-18-6-4-7-19-39)54-36-42(40-20-8-5-9-21-40)35-53-57(54)59(48)47-26-10-11-27-49(47)60(53)45-24-17-25-46(38-45)61-50-28-12-14-30-55(50)63-56-31-15-13-29-51(56)61/h4,6-7,10-19,22-38,40H,5,8-9,20-21H2,1-3H3. The first-order valence-corrected chi connectivity index (χ1v) is 22.8. The van der Waals surface area contributed by atoms with Gasteiger partial charge in [0.25, 0.3) is 6.71 Å². The Morgan fingerprint density at radius 3 is 1.67 bits per heavy atom. The van der Waals surface area contributed by atoms with Gasteiger partial charge in [-0.2, -0.15) is 0 Å². The predicted octanol–water partition coefficient (Wildman–Crippen LogP) is 14.4. The van der Waals surface area contributed by atoms with Crippen molar-refractivity contribution >= 4 is 74.3 Å². The fraction of sp³-hybridized carbons (Fsp3) is 0.172. The van der Waals surface area contributed by atoms with Crippen LogP contribution in [0.3, 0.4) is 0 Å². The number of anilines is 9. The lowest BCUT2D eigenvalue weighted by atomic mass is 9.33. The molecule has 3 heterocycles. The molecule has 1 saturated carbocycles. The summed E-state index contributed by atoms with van der Waals surface area (Å²) in [6, 6.07) is 67.6. The van der Waals surface area contributed by atoms with Crippen LogP contribution in [0.2, 0.25) is 0 Å². The Balaban J connectivity index is 1.12. The molecule has 0 unspecified atom stereocenters. The van der Waals surface area contributed by atoms with Crippen molar-refractivity contribution in [3.05, 3.63) is 193 Å². The topological polar surface area (TPSA) is 19.0 Å². The van der Waals surface area contributed by atoms with Gasteiger partial charge < -0.3 is 19.4 Å². The minimum absolute atomic E-state index is 0.0181. The lowest BCUT2D eigenvalue weighted by Crippen LogP contribution is -2.61. The number of nitrogens with zero attached hydrogens (tertiary/aromatic N) is 3. The van der Waals surface area contributed by atoms with Crippen molar-refractivity contribution in [3.63, 3.8) is 0 Å². The van der Waals surface area contributed by atoms with Crippen molar-refractivity contribution in [3.8, 4) is 22.6 Å².